The number of carbonyl (C=O) groups is 1. The molecule has 192 valence electrons. The molecule has 1 unspecified atom stereocenters. The SMILES string of the molecule is CC=C(c1ccccc1)C(c1ccccc1)c1ccc(C=CC(=O)NS(=O)(=O)c2ccc(OC)cc2)cc1. The Kier molecular flexibility index (Phi) is 8.56. The van der Waals surface area contributed by atoms with Crippen LogP contribution in [0.2, 0.25) is 0 Å². The minimum Gasteiger partial charge on any atom is -0.497 e. The summed E-state index contributed by atoms with van der Waals surface area (Å²) in [4.78, 5) is 12.3. The molecule has 0 saturated heterocycles. The van der Waals surface area contributed by atoms with Gasteiger partial charge in [-0.15, -0.1) is 0 Å². The van der Waals surface area contributed by atoms with E-state index >= 15 is 0 Å². The number of sulfonamides is 1. The third-order valence-electron chi connectivity index (χ3n) is 6.16. The smallest absolute Gasteiger partial charge is 0.264 e. The fraction of sp³-hybridized carbons (Fsp3) is 0.0938. The van der Waals surface area contributed by atoms with Gasteiger partial charge in [-0.05, 0) is 65.1 Å². The summed E-state index contributed by atoms with van der Waals surface area (Å²) in [6.07, 6.45) is 4.95. The number of carbonyl (C=O) groups excluding carboxylic acids is 1. The van der Waals surface area contributed by atoms with E-state index in [1.54, 1.807) is 6.08 Å². The summed E-state index contributed by atoms with van der Waals surface area (Å²) in [6, 6.07) is 34.4. The molecule has 1 N–H and O–H groups in total. The monoisotopic (exact) mass is 523 g/mol. The first-order chi connectivity index (χ1) is 18.4. The van der Waals surface area contributed by atoms with Gasteiger partial charge in [0.1, 0.15) is 5.75 Å². The van der Waals surface area contributed by atoms with Gasteiger partial charge in [0.05, 0.1) is 12.0 Å². The van der Waals surface area contributed by atoms with Gasteiger partial charge in [-0.2, -0.15) is 0 Å². The Hall–Kier alpha value is -4.42. The van der Waals surface area contributed by atoms with Gasteiger partial charge in [0.25, 0.3) is 15.9 Å². The molecule has 0 aliphatic carbocycles. The largest absolute Gasteiger partial charge is 0.497 e. The molecule has 0 aliphatic rings. The molecule has 0 fully saturated rings. The fourth-order valence-electron chi connectivity index (χ4n) is 4.28. The number of hydrogen-bond donors (Lipinski definition) is 1. The molecular formula is C32H29NO4S. The topological polar surface area (TPSA) is 72.5 Å². The van der Waals surface area contributed by atoms with E-state index in [1.807, 2.05) is 67.6 Å². The second kappa shape index (κ2) is 12.2. The van der Waals surface area contributed by atoms with Crippen LogP contribution in [0.25, 0.3) is 11.6 Å². The van der Waals surface area contributed by atoms with Crippen LogP contribution >= 0.6 is 0 Å². The van der Waals surface area contributed by atoms with Crippen molar-refractivity contribution in [2.75, 3.05) is 7.11 Å². The number of benzene rings is 4. The Bertz CT molecular complexity index is 1530. The van der Waals surface area contributed by atoms with Crippen LogP contribution < -0.4 is 9.46 Å². The van der Waals surface area contributed by atoms with Crippen molar-refractivity contribution in [2.45, 2.75) is 17.7 Å². The first-order valence-corrected chi connectivity index (χ1v) is 13.6. The summed E-state index contributed by atoms with van der Waals surface area (Å²) in [5.41, 5.74) is 5.41. The molecule has 1 atom stereocenters. The molecule has 0 spiro atoms. The molecule has 1 amide bonds. The summed E-state index contributed by atoms with van der Waals surface area (Å²) in [5.74, 6) is -0.176. The summed E-state index contributed by atoms with van der Waals surface area (Å²) < 4.78 is 32.1. The second-order valence-electron chi connectivity index (χ2n) is 8.60. The number of rotatable bonds is 9. The molecule has 0 heterocycles. The third kappa shape index (κ3) is 6.47. The van der Waals surface area contributed by atoms with Crippen molar-refractivity contribution in [3.05, 3.63) is 144 Å². The molecule has 0 bridgehead atoms. The van der Waals surface area contributed by atoms with Crippen LogP contribution in [0.5, 0.6) is 5.75 Å². The van der Waals surface area contributed by atoms with E-state index in [0.29, 0.717) is 5.75 Å². The van der Waals surface area contributed by atoms with Crippen LogP contribution in [0.15, 0.2) is 126 Å². The van der Waals surface area contributed by atoms with Gasteiger partial charge in [-0.1, -0.05) is 91.0 Å². The minimum absolute atomic E-state index is 0.0189. The van der Waals surface area contributed by atoms with E-state index < -0.39 is 15.9 Å². The quantitative estimate of drug-likeness (QED) is 0.256. The van der Waals surface area contributed by atoms with E-state index in [0.717, 1.165) is 16.7 Å². The van der Waals surface area contributed by atoms with Gasteiger partial charge < -0.3 is 4.74 Å². The van der Waals surface area contributed by atoms with Crippen molar-refractivity contribution in [3.63, 3.8) is 0 Å². The van der Waals surface area contributed by atoms with Gasteiger partial charge in [0, 0.05) is 12.0 Å². The van der Waals surface area contributed by atoms with Crippen molar-refractivity contribution < 1.29 is 17.9 Å². The normalized spacial score (nSPS) is 12.7. The highest BCUT2D eigenvalue weighted by Crippen LogP contribution is 2.37. The Balaban J connectivity index is 1.53. The molecule has 0 radical (unpaired) electrons. The molecule has 38 heavy (non-hydrogen) atoms. The lowest BCUT2D eigenvalue weighted by Gasteiger charge is -2.22. The number of ether oxygens (including phenoxy) is 1. The van der Waals surface area contributed by atoms with Gasteiger partial charge in [-0.3, -0.25) is 4.79 Å². The zero-order chi connectivity index (χ0) is 27.0. The van der Waals surface area contributed by atoms with Crippen molar-refractivity contribution in [2.24, 2.45) is 0 Å². The number of methoxy groups -OCH3 is 1. The van der Waals surface area contributed by atoms with Crippen LogP contribution in [-0.2, 0) is 14.8 Å². The molecule has 0 aromatic heterocycles. The zero-order valence-electron chi connectivity index (χ0n) is 21.2. The first kappa shape index (κ1) is 26.6. The summed E-state index contributed by atoms with van der Waals surface area (Å²) >= 11 is 0. The Morgan fingerprint density at radius 2 is 1.37 bits per heavy atom. The van der Waals surface area contributed by atoms with Crippen molar-refractivity contribution in [1.82, 2.24) is 4.72 Å². The van der Waals surface area contributed by atoms with E-state index in [9.17, 15) is 13.2 Å². The van der Waals surface area contributed by atoms with Crippen LogP contribution in [0.1, 0.15) is 35.1 Å². The van der Waals surface area contributed by atoms with Crippen molar-refractivity contribution in [1.29, 1.82) is 0 Å². The van der Waals surface area contributed by atoms with Crippen molar-refractivity contribution >= 4 is 27.6 Å². The molecule has 4 rings (SSSR count). The number of nitrogens with one attached hydrogen (secondary N) is 1. The highest BCUT2D eigenvalue weighted by atomic mass is 32.2. The number of amides is 1. The minimum atomic E-state index is -3.99. The Morgan fingerprint density at radius 1 is 0.789 bits per heavy atom. The molecular weight excluding hydrogens is 494 g/mol. The summed E-state index contributed by atoms with van der Waals surface area (Å²) in [7, 11) is -2.50. The maximum atomic E-state index is 12.5. The van der Waals surface area contributed by atoms with Gasteiger partial charge >= 0.3 is 0 Å². The van der Waals surface area contributed by atoms with Crippen LogP contribution in [-0.4, -0.2) is 21.4 Å². The zero-order valence-corrected chi connectivity index (χ0v) is 22.1. The average Bonchev–Trinajstić information content (AvgIpc) is 2.96. The van der Waals surface area contributed by atoms with Crippen LogP contribution in [0.4, 0.5) is 0 Å². The average molecular weight is 524 g/mol. The number of allylic oxidation sites excluding steroid dienone is 2. The second-order valence-corrected chi connectivity index (χ2v) is 10.3. The van der Waals surface area contributed by atoms with Gasteiger partial charge in [0.15, 0.2) is 0 Å². The summed E-state index contributed by atoms with van der Waals surface area (Å²) in [6.45, 7) is 2.05. The molecule has 0 saturated carbocycles. The molecule has 4 aromatic rings. The number of hydrogen-bond acceptors (Lipinski definition) is 4. The molecule has 0 aliphatic heterocycles. The highest BCUT2D eigenvalue weighted by molar-refractivity contribution is 7.90. The molecule has 6 heteroatoms. The van der Waals surface area contributed by atoms with E-state index in [-0.39, 0.29) is 10.8 Å². The van der Waals surface area contributed by atoms with Crippen LogP contribution in [0.3, 0.4) is 0 Å². The van der Waals surface area contributed by atoms with E-state index in [4.69, 9.17) is 4.74 Å². The predicted molar refractivity (Wildman–Crippen MR) is 152 cm³/mol. The van der Waals surface area contributed by atoms with Gasteiger partial charge in [-0.25, -0.2) is 13.1 Å². The molecule has 5 nitrogen and oxygen atoms in total. The third-order valence-corrected chi connectivity index (χ3v) is 7.53. The van der Waals surface area contributed by atoms with Crippen LogP contribution in [0, 0.1) is 0 Å². The maximum Gasteiger partial charge on any atom is 0.264 e. The van der Waals surface area contributed by atoms with E-state index in [1.165, 1.54) is 48.6 Å². The van der Waals surface area contributed by atoms with E-state index in [2.05, 4.69) is 35.1 Å². The van der Waals surface area contributed by atoms with Crippen molar-refractivity contribution in [3.8, 4) is 5.75 Å². The summed E-state index contributed by atoms with van der Waals surface area (Å²) in [5, 5.41) is 0. The maximum absolute atomic E-state index is 12.5. The highest BCUT2D eigenvalue weighted by Gasteiger charge is 2.20. The molecule has 4 aromatic carbocycles. The Labute approximate surface area is 224 Å². The van der Waals surface area contributed by atoms with Gasteiger partial charge in [0.2, 0.25) is 0 Å². The Morgan fingerprint density at radius 3 is 1.95 bits per heavy atom. The predicted octanol–water partition coefficient (Wildman–Crippen LogP) is 6.45. The fourth-order valence-corrected chi connectivity index (χ4v) is 5.22. The standard InChI is InChI=1S/C32H29NO4S/c1-3-30(25-10-6-4-7-11-25)32(26-12-8-5-9-13-26)27-17-14-24(15-18-27)16-23-31(34)33-38(35,36)29-21-19-28(37-2)20-22-29/h3-23,32H,1-2H3,(H,33,34). The lowest BCUT2D eigenvalue weighted by molar-refractivity contribution is -0.114. The first-order valence-electron chi connectivity index (χ1n) is 12.2. The lowest BCUT2D eigenvalue weighted by Crippen LogP contribution is -2.28. The lowest BCUT2D eigenvalue weighted by atomic mass is 9.81.